The molecule has 1 aromatic heterocycles. The smallest absolute Gasteiger partial charge is 0.408 e. The van der Waals surface area contributed by atoms with Crippen molar-refractivity contribution in [3.8, 4) is 11.1 Å². The number of rotatable bonds is 6. The molecule has 2 N–H and O–H groups in total. The summed E-state index contributed by atoms with van der Waals surface area (Å²) in [5.74, 6) is -1.31. The molecule has 1 aliphatic rings. The van der Waals surface area contributed by atoms with Crippen LogP contribution in [0.4, 0.5) is 4.79 Å². The number of hydrogen-bond donors (Lipinski definition) is 2. The molecule has 2 aromatic carbocycles. The fourth-order valence-corrected chi connectivity index (χ4v) is 4.28. The molecule has 1 amide bonds. The summed E-state index contributed by atoms with van der Waals surface area (Å²) < 4.78 is 6.99. The Hall–Kier alpha value is -3.32. The van der Waals surface area contributed by atoms with E-state index in [2.05, 4.69) is 22.5 Å². The third-order valence-electron chi connectivity index (χ3n) is 5.95. The van der Waals surface area contributed by atoms with Crippen molar-refractivity contribution in [1.29, 1.82) is 0 Å². The number of ether oxygens (including phenoxy) is 1. The van der Waals surface area contributed by atoms with Crippen molar-refractivity contribution in [1.82, 2.24) is 15.1 Å². The van der Waals surface area contributed by atoms with Gasteiger partial charge in [-0.05, 0) is 43.0 Å². The number of carboxylic acids is 1. The highest BCUT2D eigenvalue weighted by atomic mass is 35.5. The van der Waals surface area contributed by atoms with Crippen molar-refractivity contribution in [2.75, 3.05) is 6.61 Å². The number of nitrogens with one attached hydrogen (secondary N) is 1. The molecular formula is C24H24ClN3O4. The molecule has 7 nitrogen and oxygen atoms in total. The van der Waals surface area contributed by atoms with Gasteiger partial charge in [-0.2, -0.15) is 5.10 Å². The lowest BCUT2D eigenvalue weighted by Gasteiger charge is -2.26. The van der Waals surface area contributed by atoms with Crippen LogP contribution in [0, 0.1) is 13.8 Å². The molecule has 3 aromatic rings. The molecule has 0 saturated carbocycles. The summed E-state index contributed by atoms with van der Waals surface area (Å²) in [5.41, 5.74) is 4.00. The zero-order valence-corrected chi connectivity index (χ0v) is 18.8. The number of halogens is 1. The Morgan fingerprint density at radius 1 is 1.12 bits per heavy atom. The Morgan fingerprint density at radius 2 is 1.69 bits per heavy atom. The largest absolute Gasteiger partial charge is 0.479 e. The molecule has 4 rings (SSSR count). The number of aliphatic carboxylic acids is 1. The quantitative estimate of drug-likeness (QED) is 0.571. The highest BCUT2D eigenvalue weighted by molar-refractivity contribution is 6.31. The van der Waals surface area contributed by atoms with Gasteiger partial charge in [0.05, 0.1) is 23.0 Å². The summed E-state index contributed by atoms with van der Waals surface area (Å²) in [6.07, 6.45) is -0.801. The Labute approximate surface area is 191 Å². The summed E-state index contributed by atoms with van der Waals surface area (Å²) in [4.78, 5) is 24.6. The third kappa shape index (κ3) is 3.84. The van der Waals surface area contributed by atoms with Crippen LogP contribution in [0.2, 0.25) is 5.02 Å². The molecule has 0 aliphatic heterocycles. The van der Waals surface area contributed by atoms with Crippen LogP contribution in [0.15, 0.2) is 48.5 Å². The van der Waals surface area contributed by atoms with E-state index >= 15 is 0 Å². The fourth-order valence-electron chi connectivity index (χ4n) is 4.15. The first kappa shape index (κ1) is 21.9. The highest BCUT2D eigenvalue weighted by Crippen LogP contribution is 2.44. The number of benzene rings is 2. The van der Waals surface area contributed by atoms with Gasteiger partial charge in [0.25, 0.3) is 0 Å². The Bertz CT molecular complexity index is 1160. The van der Waals surface area contributed by atoms with Crippen LogP contribution in [-0.2, 0) is 16.1 Å². The van der Waals surface area contributed by atoms with Gasteiger partial charge in [-0.1, -0.05) is 60.1 Å². The van der Waals surface area contributed by atoms with Crippen LogP contribution in [0.5, 0.6) is 0 Å². The zero-order valence-electron chi connectivity index (χ0n) is 18.1. The fraction of sp³-hybridized carbons (Fsp3) is 0.292. The number of alkyl carbamates (subject to hydrolysis) is 1. The number of carbonyl (C=O) groups is 2. The number of aryl methyl sites for hydroxylation is 1. The SMILES string of the molecule is Cc1nn(CC(C)(NC(=O)OCC2c3ccccc3-c3ccccc32)C(=O)O)c(C)c1Cl. The lowest BCUT2D eigenvalue weighted by molar-refractivity contribution is -0.144. The topological polar surface area (TPSA) is 93.5 Å². The van der Waals surface area contributed by atoms with Crippen LogP contribution >= 0.6 is 11.6 Å². The maximum atomic E-state index is 12.6. The second-order valence-corrected chi connectivity index (χ2v) is 8.61. The van der Waals surface area contributed by atoms with Crippen LogP contribution in [-0.4, -0.2) is 39.1 Å². The summed E-state index contributed by atoms with van der Waals surface area (Å²) in [6.45, 7) is 4.91. The van der Waals surface area contributed by atoms with Crippen molar-refractivity contribution in [2.45, 2.75) is 38.8 Å². The summed E-state index contributed by atoms with van der Waals surface area (Å²) >= 11 is 6.17. The Kier molecular flexibility index (Phi) is 5.69. The molecular weight excluding hydrogens is 430 g/mol. The van der Waals surface area contributed by atoms with Crippen molar-refractivity contribution >= 4 is 23.7 Å². The number of amides is 1. The van der Waals surface area contributed by atoms with Gasteiger partial charge >= 0.3 is 12.1 Å². The zero-order chi connectivity index (χ0) is 23.0. The molecule has 32 heavy (non-hydrogen) atoms. The van der Waals surface area contributed by atoms with Gasteiger partial charge in [0.15, 0.2) is 5.54 Å². The van der Waals surface area contributed by atoms with Crippen LogP contribution in [0.1, 0.15) is 35.4 Å². The molecule has 0 fully saturated rings. The van der Waals surface area contributed by atoms with E-state index in [-0.39, 0.29) is 19.1 Å². The first-order chi connectivity index (χ1) is 15.2. The van der Waals surface area contributed by atoms with E-state index in [0.29, 0.717) is 16.4 Å². The van der Waals surface area contributed by atoms with E-state index in [4.69, 9.17) is 16.3 Å². The number of nitrogens with zero attached hydrogens (tertiary/aromatic N) is 2. The number of carbonyl (C=O) groups excluding carboxylic acids is 1. The molecule has 0 bridgehead atoms. The van der Waals surface area contributed by atoms with E-state index in [0.717, 1.165) is 22.3 Å². The highest BCUT2D eigenvalue weighted by Gasteiger charge is 2.38. The standard InChI is InChI=1S/C24H24ClN3O4/c1-14-21(25)15(2)28(27-14)13-24(3,22(29)30)26-23(31)32-12-20-18-10-6-4-8-16(18)17-9-5-7-11-19(17)20/h4-11,20H,12-13H2,1-3H3,(H,26,31)(H,29,30). The second kappa shape index (κ2) is 8.31. The minimum atomic E-state index is -1.63. The van der Waals surface area contributed by atoms with E-state index in [1.807, 2.05) is 36.4 Å². The monoisotopic (exact) mass is 453 g/mol. The minimum absolute atomic E-state index is 0.0913. The number of carboxylic acid groups (broad SMARTS) is 1. The maximum absolute atomic E-state index is 12.6. The van der Waals surface area contributed by atoms with Crippen LogP contribution in [0.25, 0.3) is 11.1 Å². The Balaban J connectivity index is 1.49. The van der Waals surface area contributed by atoms with Crippen molar-refractivity contribution in [3.05, 3.63) is 76.1 Å². The van der Waals surface area contributed by atoms with Gasteiger partial charge in [0.2, 0.25) is 0 Å². The van der Waals surface area contributed by atoms with E-state index in [9.17, 15) is 14.7 Å². The lowest BCUT2D eigenvalue weighted by Crippen LogP contribution is -2.55. The third-order valence-corrected chi connectivity index (χ3v) is 6.50. The first-order valence-corrected chi connectivity index (χ1v) is 10.6. The van der Waals surface area contributed by atoms with Gasteiger partial charge in [-0.25, -0.2) is 9.59 Å². The van der Waals surface area contributed by atoms with Gasteiger partial charge < -0.3 is 15.2 Å². The van der Waals surface area contributed by atoms with E-state index < -0.39 is 17.6 Å². The summed E-state index contributed by atoms with van der Waals surface area (Å²) in [5, 5.41) is 17.1. The lowest BCUT2D eigenvalue weighted by atomic mass is 9.98. The number of hydrogen-bond acceptors (Lipinski definition) is 4. The van der Waals surface area contributed by atoms with Crippen molar-refractivity contribution in [3.63, 3.8) is 0 Å². The molecule has 1 unspecified atom stereocenters. The molecule has 8 heteroatoms. The molecule has 1 aliphatic carbocycles. The average Bonchev–Trinajstić information content (AvgIpc) is 3.21. The second-order valence-electron chi connectivity index (χ2n) is 8.23. The predicted octanol–water partition coefficient (Wildman–Crippen LogP) is 4.54. The number of aromatic nitrogens is 2. The molecule has 0 radical (unpaired) electrons. The van der Waals surface area contributed by atoms with Crippen molar-refractivity contribution < 1.29 is 19.4 Å². The summed E-state index contributed by atoms with van der Waals surface area (Å²) in [7, 11) is 0. The number of fused-ring (bicyclic) bond motifs is 3. The van der Waals surface area contributed by atoms with E-state index in [1.165, 1.54) is 11.6 Å². The van der Waals surface area contributed by atoms with Crippen LogP contribution in [0.3, 0.4) is 0 Å². The van der Waals surface area contributed by atoms with Gasteiger partial charge in [0.1, 0.15) is 6.61 Å². The first-order valence-electron chi connectivity index (χ1n) is 10.3. The predicted molar refractivity (Wildman–Crippen MR) is 121 cm³/mol. The summed E-state index contributed by atoms with van der Waals surface area (Å²) in [6, 6.07) is 16.0. The Morgan fingerprint density at radius 3 is 2.19 bits per heavy atom. The van der Waals surface area contributed by atoms with Gasteiger partial charge in [0, 0.05) is 5.92 Å². The molecule has 0 spiro atoms. The van der Waals surface area contributed by atoms with Crippen molar-refractivity contribution in [2.24, 2.45) is 0 Å². The minimum Gasteiger partial charge on any atom is -0.479 e. The maximum Gasteiger partial charge on any atom is 0.408 e. The van der Waals surface area contributed by atoms with Gasteiger partial charge in [-0.3, -0.25) is 4.68 Å². The van der Waals surface area contributed by atoms with E-state index in [1.54, 1.807) is 13.8 Å². The average molecular weight is 454 g/mol. The van der Waals surface area contributed by atoms with Gasteiger partial charge in [-0.15, -0.1) is 0 Å². The molecule has 1 atom stereocenters. The molecule has 0 saturated heterocycles. The molecule has 166 valence electrons. The normalized spacial score (nSPS) is 14.4. The van der Waals surface area contributed by atoms with Crippen LogP contribution < -0.4 is 5.32 Å². The molecule has 1 heterocycles.